The van der Waals surface area contributed by atoms with Gasteiger partial charge in [0.1, 0.15) is 0 Å². The van der Waals surface area contributed by atoms with Gasteiger partial charge in [-0.1, -0.05) is 6.42 Å². The van der Waals surface area contributed by atoms with Gasteiger partial charge in [0.25, 0.3) is 0 Å². The molecule has 0 spiro atoms. The standard InChI is InChI=1S/C5H11N/c1-2-4-6-5-3-1/h6H,1-5H2/i4D2. The zero-order chi connectivity index (χ0) is 6.04. The highest BCUT2D eigenvalue weighted by atomic mass is 14.9. The van der Waals surface area contributed by atoms with Gasteiger partial charge in [-0.05, 0) is 25.9 Å². The summed E-state index contributed by atoms with van der Waals surface area (Å²) in [5, 5.41) is 2.79. The molecule has 0 aromatic heterocycles. The second kappa shape index (κ2) is 2.19. The minimum absolute atomic E-state index is 0.674. The molecule has 1 aliphatic heterocycles. The second-order valence-electron chi connectivity index (χ2n) is 1.56. The maximum atomic E-state index is 7.18. The Labute approximate surface area is 41.6 Å². The Kier molecular flexibility index (Phi) is 0.845. The molecule has 1 saturated heterocycles. The summed E-state index contributed by atoms with van der Waals surface area (Å²) in [6.07, 6.45) is 2.83. The number of piperidine rings is 1. The minimum atomic E-state index is -1.07. The van der Waals surface area contributed by atoms with E-state index in [1.54, 1.807) is 0 Å². The van der Waals surface area contributed by atoms with Gasteiger partial charge in [0.2, 0.25) is 0 Å². The molecule has 0 bridgehead atoms. The molecule has 0 unspecified atom stereocenters. The van der Waals surface area contributed by atoms with Gasteiger partial charge in [-0.15, -0.1) is 0 Å². The highest BCUT2D eigenvalue weighted by Crippen LogP contribution is 1.96. The van der Waals surface area contributed by atoms with Gasteiger partial charge >= 0.3 is 0 Å². The van der Waals surface area contributed by atoms with Crippen LogP contribution >= 0.6 is 0 Å². The molecule has 0 aromatic carbocycles. The molecule has 0 atom stereocenters. The molecular formula is C5H11N. The normalized spacial score (nSPS) is 37.3. The quantitative estimate of drug-likeness (QED) is 0.460. The maximum absolute atomic E-state index is 7.18. The fourth-order valence-corrected chi connectivity index (χ4v) is 0.604. The third-order valence-corrected chi connectivity index (χ3v) is 0.979. The van der Waals surface area contributed by atoms with E-state index in [-0.39, 0.29) is 0 Å². The van der Waals surface area contributed by atoms with Crippen LogP contribution in [0.2, 0.25) is 0 Å². The molecule has 6 heavy (non-hydrogen) atoms. The number of hydrogen-bond acceptors (Lipinski definition) is 1. The molecule has 0 aromatic rings. The van der Waals surface area contributed by atoms with E-state index in [9.17, 15) is 0 Å². The highest BCUT2D eigenvalue weighted by molar-refractivity contribution is 4.55. The van der Waals surface area contributed by atoms with Crippen molar-refractivity contribution in [3.05, 3.63) is 0 Å². The van der Waals surface area contributed by atoms with Crippen LogP contribution in [0.15, 0.2) is 0 Å². The molecule has 0 amide bonds. The van der Waals surface area contributed by atoms with Gasteiger partial charge < -0.3 is 5.32 Å². The summed E-state index contributed by atoms with van der Waals surface area (Å²) < 4.78 is 14.4. The Morgan fingerprint density at radius 1 is 1.33 bits per heavy atom. The fraction of sp³-hybridized carbons (Fsp3) is 1.00. The molecule has 36 valence electrons. The van der Waals surface area contributed by atoms with Gasteiger partial charge in [-0.25, -0.2) is 0 Å². The molecule has 0 saturated carbocycles. The summed E-state index contributed by atoms with van der Waals surface area (Å²) in [5.41, 5.74) is 0. The van der Waals surface area contributed by atoms with E-state index >= 15 is 0 Å². The first-order valence-electron chi connectivity index (χ1n) is 3.46. The molecule has 1 heteroatoms. The molecule has 1 nitrogen and oxygen atoms in total. The summed E-state index contributed by atoms with van der Waals surface area (Å²) in [5.74, 6) is 0. The summed E-state index contributed by atoms with van der Waals surface area (Å²) in [6.45, 7) is -0.231. The van der Waals surface area contributed by atoms with Crippen molar-refractivity contribution in [1.82, 2.24) is 5.32 Å². The van der Waals surface area contributed by atoms with Gasteiger partial charge in [-0.3, -0.25) is 0 Å². The largest absolute Gasteiger partial charge is 0.317 e. The Hall–Kier alpha value is -0.0400. The van der Waals surface area contributed by atoms with Crippen molar-refractivity contribution in [3.8, 4) is 0 Å². The molecule has 0 aliphatic carbocycles. The molecule has 0 radical (unpaired) electrons. The van der Waals surface area contributed by atoms with E-state index in [1.165, 1.54) is 0 Å². The Bertz CT molecular complexity index is 74.5. The number of hydrogen-bond donors (Lipinski definition) is 1. The van der Waals surface area contributed by atoms with Crippen molar-refractivity contribution >= 4 is 0 Å². The Morgan fingerprint density at radius 3 is 2.67 bits per heavy atom. The smallest absolute Gasteiger partial charge is 0.0428 e. The molecular weight excluding hydrogens is 74.1 g/mol. The molecule has 1 N–H and O–H groups in total. The Morgan fingerprint density at radius 2 is 2.33 bits per heavy atom. The van der Waals surface area contributed by atoms with Crippen molar-refractivity contribution in [3.63, 3.8) is 0 Å². The second-order valence-corrected chi connectivity index (χ2v) is 1.56. The van der Waals surface area contributed by atoms with Crippen LogP contribution in [0.5, 0.6) is 0 Å². The Balaban J connectivity index is 2.33. The van der Waals surface area contributed by atoms with E-state index in [0.717, 1.165) is 19.4 Å². The summed E-state index contributed by atoms with van der Waals surface area (Å²) in [7, 11) is 0. The molecule has 1 fully saturated rings. The molecule has 1 rings (SSSR count). The van der Waals surface area contributed by atoms with Crippen molar-refractivity contribution < 1.29 is 2.74 Å². The van der Waals surface area contributed by atoms with Crippen LogP contribution in [-0.2, 0) is 0 Å². The van der Waals surface area contributed by atoms with Gasteiger partial charge in [0, 0.05) is 2.74 Å². The zero-order valence-electron chi connectivity index (χ0n) is 5.83. The molecule has 1 aliphatic rings. The zero-order valence-corrected chi connectivity index (χ0v) is 3.83. The maximum Gasteiger partial charge on any atom is 0.0428 e. The van der Waals surface area contributed by atoms with Crippen LogP contribution in [0.25, 0.3) is 0 Å². The topological polar surface area (TPSA) is 12.0 Å². The minimum Gasteiger partial charge on any atom is -0.317 e. The van der Waals surface area contributed by atoms with Crippen LogP contribution in [0.3, 0.4) is 0 Å². The lowest BCUT2D eigenvalue weighted by Gasteiger charge is -2.08. The van der Waals surface area contributed by atoms with Gasteiger partial charge in [0.15, 0.2) is 0 Å². The van der Waals surface area contributed by atoms with Crippen LogP contribution in [0.4, 0.5) is 0 Å². The van der Waals surface area contributed by atoms with Crippen molar-refractivity contribution in [2.24, 2.45) is 0 Å². The highest BCUT2D eigenvalue weighted by Gasteiger charge is 1.93. The third kappa shape index (κ3) is 0.977. The van der Waals surface area contributed by atoms with Gasteiger partial charge in [0.05, 0.1) is 0 Å². The third-order valence-electron chi connectivity index (χ3n) is 0.979. The lowest BCUT2D eigenvalue weighted by molar-refractivity contribution is 0.520. The fourth-order valence-electron chi connectivity index (χ4n) is 0.604. The average Bonchev–Trinajstić information content (AvgIpc) is 1.65. The summed E-state index contributed by atoms with van der Waals surface area (Å²) in [6, 6.07) is 0. The number of rotatable bonds is 0. The van der Waals surface area contributed by atoms with Crippen LogP contribution in [0, 0.1) is 0 Å². The lowest BCUT2D eigenvalue weighted by Crippen LogP contribution is -2.21. The van der Waals surface area contributed by atoms with Crippen molar-refractivity contribution in [2.45, 2.75) is 19.3 Å². The first-order chi connectivity index (χ1) is 3.71. The molecule has 1 heterocycles. The average molecular weight is 87.2 g/mol. The predicted octanol–water partition coefficient (Wildman–Crippen LogP) is 0.760. The van der Waals surface area contributed by atoms with Crippen LogP contribution < -0.4 is 5.32 Å². The van der Waals surface area contributed by atoms with Crippen molar-refractivity contribution in [1.29, 1.82) is 0 Å². The SMILES string of the molecule is [2H]C1([2H])CCCCN1. The summed E-state index contributed by atoms with van der Waals surface area (Å²) in [4.78, 5) is 0. The van der Waals surface area contributed by atoms with Crippen molar-refractivity contribution in [2.75, 3.05) is 13.0 Å². The van der Waals surface area contributed by atoms with Gasteiger partial charge in [-0.2, -0.15) is 0 Å². The van der Waals surface area contributed by atoms with E-state index in [2.05, 4.69) is 5.32 Å². The summed E-state index contributed by atoms with van der Waals surface area (Å²) >= 11 is 0. The van der Waals surface area contributed by atoms with E-state index in [1.807, 2.05) is 0 Å². The monoisotopic (exact) mass is 87.1 g/mol. The van der Waals surface area contributed by atoms with Crippen LogP contribution in [0.1, 0.15) is 22.0 Å². The number of nitrogens with one attached hydrogen (secondary N) is 1. The lowest BCUT2D eigenvalue weighted by atomic mass is 10.2. The first-order valence-corrected chi connectivity index (χ1v) is 2.46. The van der Waals surface area contributed by atoms with E-state index in [0.29, 0.717) is 6.42 Å². The predicted molar refractivity (Wildman–Crippen MR) is 26.7 cm³/mol. The van der Waals surface area contributed by atoms with E-state index in [4.69, 9.17) is 2.74 Å². The van der Waals surface area contributed by atoms with E-state index < -0.39 is 6.50 Å². The van der Waals surface area contributed by atoms with Crippen LogP contribution in [-0.4, -0.2) is 13.0 Å². The first kappa shape index (κ1) is 2.31.